The van der Waals surface area contributed by atoms with E-state index in [0.29, 0.717) is 0 Å². The lowest BCUT2D eigenvalue weighted by molar-refractivity contribution is -0.141. The van der Waals surface area contributed by atoms with Crippen LogP contribution < -0.4 is 16.4 Å². The molecule has 2 rings (SSSR count). The highest BCUT2D eigenvalue weighted by Crippen LogP contribution is 2.19. The summed E-state index contributed by atoms with van der Waals surface area (Å²) in [5.74, 6) is -2.55. The number of carbonyl (C=O) groups is 3. The summed E-state index contributed by atoms with van der Waals surface area (Å²) in [4.78, 5) is 38.8. The van der Waals surface area contributed by atoms with Crippen LogP contribution in [0.15, 0.2) is 30.5 Å². The fourth-order valence-corrected chi connectivity index (χ4v) is 2.59. The van der Waals surface area contributed by atoms with E-state index in [1.807, 2.05) is 24.3 Å². The Morgan fingerprint density at radius 2 is 1.81 bits per heavy atom. The predicted octanol–water partition coefficient (Wildman–Crippen LogP) is -0.507. The lowest BCUT2D eigenvalue weighted by Gasteiger charge is -2.22. The van der Waals surface area contributed by atoms with E-state index >= 15 is 0 Å². The normalized spacial score (nSPS) is 15.6. The van der Waals surface area contributed by atoms with E-state index in [4.69, 9.17) is 10.8 Å². The molecule has 0 fully saturated rings. The number of aliphatic carboxylic acids is 1. The maximum atomic E-state index is 12.5. The topological polar surface area (TPSA) is 158 Å². The molecule has 0 aliphatic heterocycles. The molecule has 0 radical (unpaired) electrons. The maximum absolute atomic E-state index is 12.5. The Morgan fingerprint density at radius 3 is 2.44 bits per heavy atom. The van der Waals surface area contributed by atoms with Gasteiger partial charge in [0.15, 0.2) is 0 Å². The molecule has 9 nitrogen and oxygen atoms in total. The van der Waals surface area contributed by atoms with E-state index in [1.54, 1.807) is 6.20 Å². The van der Waals surface area contributed by atoms with Gasteiger partial charge in [0.05, 0.1) is 6.10 Å². The Morgan fingerprint density at radius 1 is 1.15 bits per heavy atom. The van der Waals surface area contributed by atoms with Crippen LogP contribution in [0, 0.1) is 0 Å². The van der Waals surface area contributed by atoms with Crippen molar-refractivity contribution < 1.29 is 24.6 Å². The first-order chi connectivity index (χ1) is 12.7. The monoisotopic (exact) mass is 376 g/mol. The molecule has 1 aromatic heterocycles. The second kappa shape index (κ2) is 8.65. The Hall–Kier alpha value is -2.91. The molecule has 2 aromatic rings. The molecule has 9 heteroatoms. The number of amides is 2. The highest BCUT2D eigenvalue weighted by atomic mass is 16.4. The van der Waals surface area contributed by atoms with Gasteiger partial charge in [0.25, 0.3) is 0 Å². The average Bonchev–Trinajstić information content (AvgIpc) is 3.03. The van der Waals surface area contributed by atoms with Crippen LogP contribution in [0.2, 0.25) is 0 Å². The molecule has 0 spiro atoms. The van der Waals surface area contributed by atoms with Crippen molar-refractivity contribution in [2.45, 2.75) is 44.5 Å². The zero-order valence-electron chi connectivity index (χ0n) is 15.1. The van der Waals surface area contributed by atoms with Crippen LogP contribution >= 0.6 is 0 Å². The van der Waals surface area contributed by atoms with Crippen LogP contribution in [0.4, 0.5) is 0 Å². The molecular weight excluding hydrogens is 352 g/mol. The van der Waals surface area contributed by atoms with Crippen molar-refractivity contribution in [2.24, 2.45) is 5.73 Å². The number of hydrogen-bond donors (Lipinski definition) is 6. The van der Waals surface area contributed by atoms with E-state index in [2.05, 4.69) is 15.6 Å². The number of hydrogen-bond acceptors (Lipinski definition) is 5. The van der Waals surface area contributed by atoms with Crippen LogP contribution in [0.25, 0.3) is 10.9 Å². The number of carboxylic acid groups (broad SMARTS) is 1. The Kier molecular flexibility index (Phi) is 6.54. The highest BCUT2D eigenvalue weighted by molar-refractivity contribution is 5.93. The lowest BCUT2D eigenvalue weighted by Crippen LogP contribution is -2.56. The minimum absolute atomic E-state index is 0.125. The Balaban J connectivity index is 2.24. The van der Waals surface area contributed by atoms with Gasteiger partial charge in [-0.1, -0.05) is 18.2 Å². The third-order valence-electron chi connectivity index (χ3n) is 4.28. The minimum atomic E-state index is -1.21. The van der Waals surface area contributed by atoms with Crippen molar-refractivity contribution in [2.75, 3.05) is 0 Å². The van der Waals surface area contributed by atoms with Crippen LogP contribution in [-0.2, 0) is 20.8 Å². The summed E-state index contributed by atoms with van der Waals surface area (Å²) in [6.07, 6.45) is 0.756. The van der Waals surface area contributed by atoms with Crippen molar-refractivity contribution >= 4 is 28.7 Å². The van der Waals surface area contributed by atoms with E-state index in [-0.39, 0.29) is 6.42 Å². The molecule has 0 bridgehead atoms. The van der Waals surface area contributed by atoms with E-state index in [9.17, 15) is 19.5 Å². The molecule has 0 aliphatic rings. The molecule has 7 N–H and O–H groups in total. The van der Waals surface area contributed by atoms with E-state index in [0.717, 1.165) is 16.5 Å². The summed E-state index contributed by atoms with van der Waals surface area (Å²) < 4.78 is 0. The molecule has 146 valence electrons. The first-order valence-electron chi connectivity index (χ1n) is 8.53. The third kappa shape index (κ3) is 5.05. The molecule has 1 heterocycles. The van der Waals surface area contributed by atoms with Crippen molar-refractivity contribution in [3.63, 3.8) is 0 Å². The molecule has 0 saturated carbocycles. The van der Waals surface area contributed by atoms with Gasteiger partial charge in [0.1, 0.15) is 18.1 Å². The predicted molar refractivity (Wildman–Crippen MR) is 98.8 cm³/mol. The molecule has 2 amide bonds. The van der Waals surface area contributed by atoms with Gasteiger partial charge in [-0.2, -0.15) is 0 Å². The van der Waals surface area contributed by atoms with Crippen molar-refractivity contribution in [1.82, 2.24) is 15.6 Å². The van der Waals surface area contributed by atoms with Gasteiger partial charge in [-0.3, -0.25) is 14.4 Å². The standard InChI is InChI=1S/C18H24N4O5/c1-9(18(26)27)21-16(24)14(22-17(25)15(19)10(2)23)7-11-8-20-13-6-4-3-5-12(11)13/h3-6,8-10,14-15,20,23H,7,19H2,1-2H3,(H,21,24)(H,22,25)(H,26,27)/t9-,10+,14-,15-/m0/s1. The number of rotatable bonds is 8. The summed E-state index contributed by atoms with van der Waals surface area (Å²) in [5.41, 5.74) is 7.28. The van der Waals surface area contributed by atoms with Gasteiger partial charge in [0.2, 0.25) is 11.8 Å². The molecule has 27 heavy (non-hydrogen) atoms. The largest absolute Gasteiger partial charge is 0.480 e. The summed E-state index contributed by atoms with van der Waals surface area (Å²) in [6, 6.07) is 4.09. The zero-order chi connectivity index (χ0) is 20.1. The van der Waals surface area contributed by atoms with Crippen molar-refractivity contribution in [1.29, 1.82) is 0 Å². The number of carboxylic acids is 1. The minimum Gasteiger partial charge on any atom is -0.480 e. The Labute approximate surface area is 155 Å². The van der Waals surface area contributed by atoms with Crippen molar-refractivity contribution in [3.8, 4) is 0 Å². The number of nitrogens with two attached hydrogens (primary N) is 1. The number of fused-ring (bicyclic) bond motifs is 1. The molecule has 0 unspecified atom stereocenters. The number of nitrogens with one attached hydrogen (secondary N) is 3. The second-order valence-corrected chi connectivity index (χ2v) is 6.46. The number of H-pyrrole nitrogens is 1. The molecule has 0 saturated heterocycles. The number of benzene rings is 1. The SMILES string of the molecule is C[C@H](NC(=O)[C@H](Cc1c[nH]c2ccccc12)NC(=O)[C@@H](N)[C@@H](C)O)C(=O)O. The summed E-state index contributed by atoms with van der Waals surface area (Å²) in [5, 5.41) is 24.2. The first kappa shape index (κ1) is 20.4. The number of aliphatic hydroxyl groups excluding tert-OH is 1. The van der Waals surface area contributed by atoms with Gasteiger partial charge in [-0.05, 0) is 25.5 Å². The molecule has 1 aromatic carbocycles. The third-order valence-corrected chi connectivity index (χ3v) is 4.28. The molecular formula is C18H24N4O5. The van der Waals surface area contributed by atoms with Crippen LogP contribution in [-0.4, -0.2) is 57.2 Å². The number of aliphatic hydroxyl groups is 1. The van der Waals surface area contributed by atoms with Crippen molar-refractivity contribution in [3.05, 3.63) is 36.0 Å². The number of carbonyl (C=O) groups excluding carboxylic acids is 2. The average molecular weight is 376 g/mol. The number of aromatic amines is 1. The number of para-hydroxylation sites is 1. The fraction of sp³-hybridized carbons (Fsp3) is 0.389. The first-order valence-corrected chi connectivity index (χ1v) is 8.53. The summed E-state index contributed by atoms with van der Waals surface area (Å²) in [6.45, 7) is 2.69. The van der Waals surface area contributed by atoms with Gasteiger partial charge in [-0.25, -0.2) is 0 Å². The van der Waals surface area contributed by atoms with Gasteiger partial charge >= 0.3 is 5.97 Å². The molecule has 0 aliphatic carbocycles. The second-order valence-electron chi connectivity index (χ2n) is 6.46. The van der Waals surface area contributed by atoms with Crippen LogP contribution in [0.5, 0.6) is 0 Å². The highest BCUT2D eigenvalue weighted by Gasteiger charge is 2.28. The Bertz CT molecular complexity index is 832. The van der Waals surface area contributed by atoms with E-state index < -0.39 is 42.0 Å². The van der Waals surface area contributed by atoms with Gasteiger partial charge in [0, 0.05) is 23.5 Å². The smallest absolute Gasteiger partial charge is 0.325 e. The number of aromatic nitrogens is 1. The van der Waals surface area contributed by atoms with Gasteiger partial charge < -0.3 is 31.6 Å². The maximum Gasteiger partial charge on any atom is 0.325 e. The fourth-order valence-electron chi connectivity index (χ4n) is 2.59. The van der Waals surface area contributed by atoms with Crippen LogP contribution in [0.1, 0.15) is 19.4 Å². The van der Waals surface area contributed by atoms with Crippen LogP contribution in [0.3, 0.4) is 0 Å². The lowest BCUT2D eigenvalue weighted by atomic mass is 10.0. The molecule has 4 atom stereocenters. The zero-order valence-corrected chi connectivity index (χ0v) is 15.1. The van der Waals surface area contributed by atoms with Gasteiger partial charge in [-0.15, -0.1) is 0 Å². The summed E-state index contributed by atoms with van der Waals surface area (Å²) >= 11 is 0. The van der Waals surface area contributed by atoms with E-state index in [1.165, 1.54) is 13.8 Å². The quantitative estimate of drug-likeness (QED) is 0.364. The summed E-state index contributed by atoms with van der Waals surface area (Å²) in [7, 11) is 0.